The van der Waals surface area contributed by atoms with Crippen molar-refractivity contribution in [1.29, 1.82) is 0 Å². The quantitative estimate of drug-likeness (QED) is 0.725. The first-order valence-corrected chi connectivity index (χ1v) is 8.75. The van der Waals surface area contributed by atoms with Crippen molar-refractivity contribution in [2.24, 2.45) is 5.92 Å². The van der Waals surface area contributed by atoms with Crippen LogP contribution in [-0.4, -0.2) is 25.3 Å². The fourth-order valence-corrected chi connectivity index (χ4v) is 3.65. The van der Waals surface area contributed by atoms with Gasteiger partial charge in [-0.05, 0) is 44.6 Å². The van der Waals surface area contributed by atoms with Gasteiger partial charge in [0, 0.05) is 12.6 Å². The molecule has 2 aliphatic carbocycles. The minimum absolute atomic E-state index is 0.482. The zero-order chi connectivity index (χ0) is 13.3. The van der Waals surface area contributed by atoms with Crippen LogP contribution < -0.4 is 5.32 Å². The third-order valence-corrected chi connectivity index (χ3v) is 4.88. The summed E-state index contributed by atoms with van der Waals surface area (Å²) in [7, 11) is 0. The minimum Gasteiger partial charge on any atom is -0.376 e. The van der Waals surface area contributed by atoms with Gasteiger partial charge in [0.25, 0.3) is 0 Å². The normalized spacial score (nSPS) is 30.2. The number of hydrogen-bond acceptors (Lipinski definition) is 2. The Balaban J connectivity index is 1.75. The molecule has 2 unspecified atom stereocenters. The minimum atomic E-state index is 0.482. The lowest BCUT2D eigenvalue weighted by Crippen LogP contribution is -2.41. The molecule has 0 amide bonds. The SMILES string of the molecule is CCCNC1CCCCCC1OCC1CCCCC1. The number of nitrogens with one attached hydrogen (secondary N) is 1. The molecule has 2 atom stereocenters. The topological polar surface area (TPSA) is 21.3 Å². The van der Waals surface area contributed by atoms with Gasteiger partial charge in [0.2, 0.25) is 0 Å². The van der Waals surface area contributed by atoms with E-state index >= 15 is 0 Å². The summed E-state index contributed by atoms with van der Waals surface area (Å²) in [4.78, 5) is 0. The second-order valence-corrected chi connectivity index (χ2v) is 6.57. The van der Waals surface area contributed by atoms with Crippen LogP contribution in [0.3, 0.4) is 0 Å². The van der Waals surface area contributed by atoms with E-state index in [2.05, 4.69) is 12.2 Å². The fourth-order valence-electron chi connectivity index (χ4n) is 3.65. The number of hydrogen-bond donors (Lipinski definition) is 1. The van der Waals surface area contributed by atoms with Crippen molar-refractivity contribution in [3.05, 3.63) is 0 Å². The van der Waals surface area contributed by atoms with Crippen molar-refractivity contribution in [2.45, 2.75) is 89.7 Å². The van der Waals surface area contributed by atoms with Crippen LogP contribution in [0.4, 0.5) is 0 Å². The third-order valence-electron chi connectivity index (χ3n) is 4.88. The molecule has 2 saturated carbocycles. The van der Waals surface area contributed by atoms with Crippen molar-refractivity contribution >= 4 is 0 Å². The highest BCUT2D eigenvalue weighted by molar-refractivity contribution is 4.81. The fraction of sp³-hybridized carbons (Fsp3) is 1.00. The number of ether oxygens (including phenoxy) is 1. The molecule has 19 heavy (non-hydrogen) atoms. The summed E-state index contributed by atoms with van der Waals surface area (Å²) >= 11 is 0. The lowest BCUT2D eigenvalue weighted by Gasteiger charge is -2.29. The highest BCUT2D eigenvalue weighted by Crippen LogP contribution is 2.26. The summed E-state index contributed by atoms with van der Waals surface area (Å²) in [5.74, 6) is 0.851. The van der Waals surface area contributed by atoms with Crippen LogP contribution >= 0.6 is 0 Å². The van der Waals surface area contributed by atoms with E-state index in [1.54, 1.807) is 0 Å². The van der Waals surface area contributed by atoms with E-state index in [-0.39, 0.29) is 0 Å². The molecule has 0 aromatic rings. The lowest BCUT2D eigenvalue weighted by atomic mass is 9.90. The molecule has 112 valence electrons. The maximum atomic E-state index is 6.35. The van der Waals surface area contributed by atoms with Gasteiger partial charge in [-0.3, -0.25) is 0 Å². The maximum absolute atomic E-state index is 6.35. The van der Waals surface area contributed by atoms with Gasteiger partial charge in [0.05, 0.1) is 6.10 Å². The van der Waals surface area contributed by atoms with Crippen LogP contribution in [0.2, 0.25) is 0 Å². The summed E-state index contributed by atoms with van der Waals surface area (Å²) in [5, 5.41) is 3.72. The highest BCUT2D eigenvalue weighted by atomic mass is 16.5. The predicted molar refractivity (Wildman–Crippen MR) is 81.5 cm³/mol. The molecule has 0 spiro atoms. The molecule has 2 nitrogen and oxygen atoms in total. The molecule has 2 aliphatic rings. The van der Waals surface area contributed by atoms with Crippen molar-refractivity contribution in [3.63, 3.8) is 0 Å². The standard InChI is InChI=1S/C17H33NO/c1-2-13-18-16-11-7-4-8-12-17(16)19-14-15-9-5-3-6-10-15/h15-18H,2-14H2,1H3. The van der Waals surface area contributed by atoms with Gasteiger partial charge < -0.3 is 10.1 Å². The predicted octanol–water partition coefficient (Wildman–Crippen LogP) is 4.28. The Hall–Kier alpha value is -0.0800. The first-order chi connectivity index (χ1) is 9.40. The Morgan fingerprint density at radius 3 is 2.32 bits per heavy atom. The monoisotopic (exact) mass is 267 g/mol. The van der Waals surface area contributed by atoms with E-state index in [4.69, 9.17) is 4.74 Å². The molecule has 2 heteroatoms. The molecule has 0 bridgehead atoms. The Kier molecular flexibility index (Phi) is 7.23. The third kappa shape index (κ3) is 5.43. The van der Waals surface area contributed by atoms with E-state index in [1.165, 1.54) is 70.6 Å². The molecule has 2 fully saturated rings. The van der Waals surface area contributed by atoms with Gasteiger partial charge in [-0.25, -0.2) is 0 Å². The Morgan fingerprint density at radius 1 is 0.895 bits per heavy atom. The lowest BCUT2D eigenvalue weighted by molar-refractivity contribution is -0.00404. The summed E-state index contributed by atoms with van der Waals surface area (Å²) in [6.45, 7) is 4.42. The van der Waals surface area contributed by atoms with Crippen LogP contribution in [0.15, 0.2) is 0 Å². The molecule has 2 rings (SSSR count). The summed E-state index contributed by atoms with van der Waals surface area (Å²) < 4.78 is 6.35. The average Bonchev–Trinajstić information content (AvgIpc) is 2.69. The first kappa shape index (κ1) is 15.3. The van der Waals surface area contributed by atoms with Gasteiger partial charge in [-0.15, -0.1) is 0 Å². The molecule has 0 aromatic carbocycles. The zero-order valence-electron chi connectivity index (χ0n) is 12.8. The van der Waals surface area contributed by atoms with Crippen LogP contribution in [0.5, 0.6) is 0 Å². The van der Waals surface area contributed by atoms with Gasteiger partial charge in [0.15, 0.2) is 0 Å². The van der Waals surface area contributed by atoms with Gasteiger partial charge in [-0.1, -0.05) is 45.4 Å². The van der Waals surface area contributed by atoms with Crippen LogP contribution in [0.1, 0.15) is 77.6 Å². The van der Waals surface area contributed by atoms with E-state index in [9.17, 15) is 0 Å². The largest absolute Gasteiger partial charge is 0.376 e. The van der Waals surface area contributed by atoms with Crippen LogP contribution in [-0.2, 0) is 4.74 Å². The molecule has 0 aliphatic heterocycles. The molecule has 0 saturated heterocycles. The second-order valence-electron chi connectivity index (χ2n) is 6.57. The second kappa shape index (κ2) is 8.97. The summed E-state index contributed by atoms with van der Waals surface area (Å²) in [6, 6.07) is 0.617. The molecule has 1 N–H and O–H groups in total. The van der Waals surface area contributed by atoms with E-state index in [0.29, 0.717) is 12.1 Å². The van der Waals surface area contributed by atoms with Crippen molar-refractivity contribution < 1.29 is 4.74 Å². The van der Waals surface area contributed by atoms with Crippen molar-refractivity contribution in [1.82, 2.24) is 5.32 Å². The molecular formula is C17H33NO. The van der Waals surface area contributed by atoms with Crippen molar-refractivity contribution in [2.75, 3.05) is 13.2 Å². The average molecular weight is 267 g/mol. The van der Waals surface area contributed by atoms with Gasteiger partial charge >= 0.3 is 0 Å². The Labute approximate surface area is 119 Å². The Bertz CT molecular complexity index is 225. The maximum Gasteiger partial charge on any atom is 0.0728 e. The van der Waals surface area contributed by atoms with Crippen LogP contribution in [0.25, 0.3) is 0 Å². The first-order valence-electron chi connectivity index (χ1n) is 8.75. The van der Waals surface area contributed by atoms with Crippen molar-refractivity contribution in [3.8, 4) is 0 Å². The van der Waals surface area contributed by atoms with E-state index in [0.717, 1.165) is 19.1 Å². The Morgan fingerprint density at radius 2 is 1.58 bits per heavy atom. The molecule has 0 aromatic heterocycles. The zero-order valence-corrected chi connectivity index (χ0v) is 12.8. The van der Waals surface area contributed by atoms with Gasteiger partial charge in [-0.2, -0.15) is 0 Å². The van der Waals surface area contributed by atoms with Gasteiger partial charge in [0.1, 0.15) is 0 Å². The number of rotatable bonds is 6. The smallest absolute Gasteiger partial charge is 0.0728 e. The summed E-state index contributed by atoms with van der Waals surface area (Å²) in [5.41, 5.74) is 0. The van der Waals surface area contributed by atoms with E-state index < -0.39 is 0 Å². The van der Waals surface area contributed by atoms with Crippen LogP contribution in [0, 0.1) is 5.92 Å². The molecule has 0 heterocycles. The molecule has 0 radical (unpaired) electrons. The van der Waals surface area contributed by atoms with E-state index in [1.807, 2.05) is 0 Å². The highest BCUT2D eigenvalue weighted by Gasteiger charge is 2.25. The molecular weight excluding hydrogens is 234 g/mol. The summed E-state index contributed by atoms with van der Waals surface area (Å²) in [6.07, 6.45) is 15.5.